The van der Waals surface area contributed by atoms with Gasteiger partial charge in [0.1, 0.15) is 10.8 Å². The lowest BCUT2D eigenvalue weighted by molar-refractivity contribution is 0.388. The van der Waals surface area contributed by atoms with Gasteiger partial charge in [-0.15, -0.1) is 0 Å². The minimum Gasteiger partial charge on any atom is -0.495 e. The Morgan fingerprint density at radius 1 is 1.36 bits per heavy atom. The molecule has 1 aromatic heterocycles. The molecule has 1 rings (SSSR count). The van der Waals surface area contributed by atoms with Crippen molar-refractivity contribution in [2.24, 2.45) is 0 Å². The van der Waals surface area contributed by atoms with Crippen LogP contribution in [0.1, 0.15) is 0 Å². The number of methoxy groups -OCH3 is 2. The lowest BCUT2D eigenvalue weighted by Gasteiger charge is -2.02. The summed E-state index contributed by atoms with van der Waals surface area (Å²) in [6.07, 6.45) is 1.55. The maximum absolute atomic E-state index is 5.74. The summed E-state index contributed by atoms with van der Waals surface area (Å²) in [6, 6.07) is 1.65. The maximum Gasteiger partial charge on any atom is 0.232 e. The Morgan fingerprint density at radius 2 is 2.09 bits per heavy atom. The minimum absolute atomic E-state index is 0.410. The van der Waals surface area contributed by atoms with Crippen LogP contribution in [-0.2, 0) is 0 Å². The third-order valence-corrected chi connectivity index (χ3v) is 1.48. The summed E-state index contributed by atoms with van der Waals surface area (Å²) in [6.45, 7) is 0. The highest BCUT2D eigenvalue weighted by Crippen LogP contribution is 2.24. The van der Waals surface area contributed by atoms with Crippen molar-refractivity contribution in [3.8, 4) is 11.6 Å². The quantitative estimate of drug-likeness (QED) is 0.683. The molecule has 0 aliphatic heterocycles. The van der Waals surface area contributed by atoms with Gasteiger partial charge in [-0.1, -0.05) is 11.6 Å². The summed E-state index contributed by atoms with van der Waals surface area (Å²) in [7, 11) is 3.07. The van der Waals surface area contributed by atoms with Gasteiger partial charge in [0.25, 0.3) is 0 Å². The highest BCUT2D eigenvalue weighted by atomic mass is 35.5. The van der Waals surface area contributed by atoms with E-state index in [1.54, 1.807) is 19.4 Å². The summed E-state index contributed by atoms with van der Waals surface area (Å²) >= 11 is 5.74. The van der Waals surface area contributed by atoms with Crippen LogP contribution in [0.25, 0.3) is 0 Å². The summed E-state index contributed by atoms with van der Waals surface area (Å²) in [4.78, 5) is 3.89. The molecule has 1 aromatic rings. The lowest BCUT2D eigenvalue weighted by atomic mass is 10.4. The predicted molar refractivity (Wildman–Crippen MR) is 42.4 cm³/mol. The molecule has 0 radical (unpaired) electrons. The van der Waals surface area contributed by atoms with E-state index in [2.05, 4.69) is 4.98 Å². The molecule has 0 spiro atoms. The Morgan fingerprint density at radius 3 is 2.55 bits per heavy atom. The number of aromatic nitrogens is 1. The zero-order valence-electron chi connectivity index (χ0n) is 6.30. The van der Waals surface area contributed by atoms with Crippen molar-refractivity contribution in [3.05, 3.63) is 17.3 Å². The van der Waals surface area contributed by atoms with Gasteiger partial charge < -0.3 is 9.47 Å². The van der Waals surface area contributed by atoms with E-state index in [1.165, 1.54) is 7.11 Å². The fraction of sp³-hybridized carbons (Fsp3) is 0.286. The van der Waals surface area contributed by atoms with Gasteiger partial charge in [0.05, 0.1) is 20.4 Å². The van der Waals surface area contributed by atoms with Crippen LogP contribution in [0.15, 0.2) is 12.3 Å². The Labute approximate surface area is 69.9 Å². The molecule has 0 atom stereocenters. The Bertz CT molecular complexity index is 252. The van der Waals surface area contributed by atoms with Gasteiger partial charge in [0, 0.05) is 6.07 Å². The Kier molecular flexibility index (Phi) is 2.54. The van der Waals surface area contributed by atoms with Crippen LogP contribution >= 0.6 is 11.6 Å². The van der Waals surface area contributed by atoms with Crippen molar-refractivity contribution < 1.29 is 9.47 Å². The highest BCUT2D eigenvalue weighted by molar-refractivity contribution is 6.31. The molecular formula is C7H8ClNO2. The number of halogens is 1. The molecular weight excluding hydrogens is 166 g/mol. The van der Waals surface area contributed by atoms with Crippen LogP contribution in [0.5, 0.6) is 11.6 Å². The van der Waals surface area contributed by atoms with E-state index in [0.29, 0.717) is 16.7 Å². The second-order valence-electron chi connectivity index (χ2n) is 1.87. The molecule has 0 N–H and O–H groups in total. The second kappa shape index (κ2) is 3.44. The standard InChI is InChI=1S/C7H8ClNO2/c1-10-5-3-6(8)7(11-2)9-4-5/h3-4H,1-2H3. The van der Waals surface area contributed by atoms with Crippen LogP contribution in [0.3, 0.4) is 0 Å². The molecule has 0 aliphatic rings. The van der Waals surface area contributed by atoms with Crippen LogP contribution in [0, 0.1) is 0 Å². The van der Waals surface area contributed by atoms with Crippen molar-refractivity contribution in [1.29, 1.82) is 0 Å². The zero-order valence-corrected chi connectivity index (χ0v) is 7.05. The van der Waals surface area contributed by atoms with Crippen LogP contribution < -0.4 is 9.47 Å². The van der Waals surface area contributed by atoms with E-state index < -0.39 is 0 Å². The first-order valence-electron chi connectivity index (χ1n) is 3.01. The number of hydrogen-bond acceptors (Lipinski definition) is 3. The largest absolute Gasteiger partial charge is 0.495 e. The summed E-state index contributed by atoms with van der Waals surface area (Å²) in [5.74, 6) is 1.03. The molecule has 0 aliphatic carbocycles. The van der Waals surface area contributed by atoms with E-state index in [-0.39, 0.29) is 0 Å². The molecule has 1 heterocycles. The second-order valence-corrected chi connectivity index (χ2v) is 2.27. The molecule has 11 heavy (non-hydrogen) atoms. The van der Waals surface area contributed by atoms with Crippen LogP contribution in [-0.4, -0.2) is 19.2 Å². The first kappa shape index (κ1) is 8.14. The Balaban J connectivity index is 2.99. The van der Waals surface area contributed by atoms with Crippen molar-refractivity contribution in [2.75, 3.05) is 14.2 Å². The third-order valence-electron chi connectivity index (χ3n) is 1.21. The van der Waals surface area contributed by atoms with Crippen molar-refractivity contribution in [1.82, 2.24) is 4.98 Å². The Hall–Kier alpha value is -0.960. The molecule has 4 heteroatoms. The first-order valence-corrected chi connectivity index (χ1v) is 3.39. The summed E-state index contributed by atoms with van der Waals surface area (Å²) in [5, 5.41) is 0.451. The lowest BCUT2D eigenvalue weighted by Crippen LogP contribution is -1.90. The average molecular weight is 174 g/mol. The monoisotopic (exact) mass is 173 g/mol. The van der Waals surface area contributed by atoms with Gasteiger partial charge in [-0.05, 0) is 0 Å². The number of nitrogens with zero attached hydrogens (tertiary/aromatic N) is 1. The van der Waals surface area contributed by atoms with Gasteiger partial charge in [-0.2, -0.15) is 0 Å². The summed E-state index contributed by atoms with van der Waals surface area (Å²) in [5.41, 5.74) is 0. The van der Waals surface area contributed by atoms with Crippen molar-refractivity contribution in [3.63, 3.8) is 0 Å². The zero-order chi connectivity index (χ0) is 8.27. The smallest absolute Gasteiger partial charge is 0.232 e. The van der Waals surface area contributed by atoms with E-state index in [0.717, 1.165) is 0 Å². The van der Waals surface area contributed by atoms with Gasteiger partial charge in [0.2, 0.25) is 5.88 Å². The van der Waals surface area contributed by atoms with Gasteiger partial charge >= 0.3 is 0 Å². The molecule has 0 aromatic carbocycles. The summed E-state index contributed by atoms with van der Waals surface area (Å²) < 4.78 is 9.74. The number of rotatable bonds is 2. The van der Waals surface area contributed by atoms with Crippen LogP contribution in [0.2, 0.25) is 5.02 Å². The van der Waals surface area contributed by atoms with Gasteiger partial charge in [-0.3, -0.25) is 0 Å². The molecule has 0 saturated carbocycles. The number of ether oxygens (including phenoxy) is 2. The fourth-order valence-electron chi connectivity index (χ4n) is 0.670. The molecule has 0 fully saturated rings. The fourth-order valence-corrected chi connectivity index (χ4v) is 0.903. The normalized spacial score (nSPS) is 9.36. The van der Waals surface area contributed by atoms with Gasteiger partial charge in [0.15, 0.2) is 0 Å². The van der Waals surface area contributed by atoms with Crippen molar-refractivity contribution in [2.45, 2.75) is 0 Å². The maximum atomic E-state index is 5.74. The van der Waals surface area contributed by atoms with Crippen LogP contribution in [0.4, 0.5) is 0 Å². The molecule has 0 unspecified atom stereocenters. The highest BCUT2D eigenvalue weighted by Gasteiger charge is 2.01. The topological polar surface area (TPSA) is 31.4 Å². The molecule has 0 saturated heterocycles. The van der Waals surface area contributed by atoms with E-state index in [1.807, 2.05) is 0 Å². The van der Waals surface area contributed by atoms with E-state index in [4.69, 9.17) is 21.1 Å². The number of hydrogen-bond donors (Lipinski definition) is 0. The average Bonchev–Trinajstić information content (AvgIpc) is 2.04. The predicted octanol–water partition coefficient (Wildman–Crippen LogP) is 1.75. The molecule has 60 valence electrons. The third kappa shape index (κ3) is 1.74. The first-order chi connectivity index (χ1) is 5.27. The number of pyridine rings is 1. The van der Waals surface area contributed by atoms with Crippen molar-refractivity contribution >= 4 is 11.6 Å². The molecule has 0 amide bonds. The molecule has 0 bridgehead atoms. The van der Waals surface area contributed by atoms with E-state index in [9.17, 15) is 0 Å². The van der Waals surface area contributed by atoms with E-state index >= 15 is 0 Å². The van der Waals surface area contributed by atoms with Gasteiger partial charge in [-0.25, -0.2) is 4.98 Å². The SMILES string of the molecule is COc1cnc(OC)c(Cl)c1. The minimum atomic E-state index is 0.410. The molecule has 3 nitrogen and oxygen atoms in total.